The maximum atomic E-state index is 12.2. The monoisotopic (exact) mass is 340 g/mol. The summed E-state index contributed by atoms with van der Waals surface area (Å²) >= 11 is 3.37. The average molecular weight is 341 g/mol. The molecule has 1 aromatic heterocycles. The molecule has 5 heteroatoms. The minimum atomic E-state index is -0.283. The molecule has 21 heavy (non-hydrogen) atoms. The molecule has 3 aromatic rings. The molecule has 1 N–H and O–H groups in total. The number of hydrogen-bond acceptors (Lipinski definition) is 3. The lowest BCUT2D eigenvalue weighted by Crippen LogP contribution is -2.12. The number of halogens is 1. The van der Waals surface area contributed by atoms with Crippen LogP contribution in [0, 0.1) is 11.3 Å². The molecular weight excluding hydrogens is 332 g/mol. The van der Waals surface area contributed by atoms with Gasteiger partial charge >= 0.3 is 0 Å². The SMILES string of the molecule is N#Cc1oc2ccc(Br)cc2c1NC(=O)c1ccccc1. The van der Waals surface area contributed by atoms with Crippen molar-refractivity contribution in [3.63, 3.8) is 0 Å². The fourth-order valence-corrected chi connectivity index (χ4v) is 2.41. The average Bonchev–Trinajstić information content (AvgIpc) is 2.85. The van der Waals surface area contributed by atoms with Crippen molar-refractivity contribution in [2.75, 3.05) is 5.32 Å². The smallest absolute Gasteiger partial charge is 0.255 e. The van der Waals surface area contributed by atoms with E-state index in [1.807, 2.05) is 18.2 Å². The summed E-state index contributed by atoms with van der Waals surface area (Å²) in [6, 6.07) is 16.1. The van der Waals surface area contributed by atoms with Crippen LogP contribution < -0.4 is 5.32 Å². The minimum absolute atomic E-state index is 0.0902. The van der Waals surface area contributed by atoms with E-state index in [9.17, 15) is 4.79 Å². The lowest BCUT2D eigenvalue weighted by atomic mass is 10.2. The predicted octanol–water partition coefficient (Wildman–Crippen LogP) is 4.32. The standard InChI is InChI=1S/C16H9BrN2O2/c17-11-6-7-13-12(8-11)15(14(9-18)21-13)19-16(20)10-4-2-1-3-5-10/h1-8H,(H,19,20). The Morgan fingerprint density at radius 3 is 2.67 bits per heavy atom. The first-order valence-corrected chi connectivity index (χ1v) is 6.97. The number of carbonyl (C=O) groups is 1. The maximum Gasteiger partial charge on any atom is 0.255 e. The molecule has 4 nitrogen and oxygen atoms in total. The zero-order chi connectivity index (χ0) is 14.8. The highest BCUT2D eigenvalue weighted by atomic mass is 79.9. The van der Waals surface area contributed by atoms with Gasteiger partial charge in [-0.3, -0.25) is 4.79 Å². The summed E-state index contributed by atoms with van der Waals surface area (Å²) in [5, 5.41) is 12.6. The maximum absolute atomic E-state index is 12.2. The molecule has 0 aliphatic heterocycles. The van der Waals surface area contributed by atoms with Crippen LogP contribution >= 0.6 is 15.9 Å². The van der Waals surface area contributed by atoms with E-state index < -0.39 is 0 Å². The second kappa shape index (κ2) is 5.43. The summed E-state index contributed by atoms with van der Waals surface area (Å²) in [7, 11) is 0. The van der Waals surface area contributed by atoms with Gasteiger partial charge in [0.15, 0.2) is 0 Å². The minimum Gasteiger partial charge on any atom is -0.443 e. The van der Waals surface area contributed by atoms with Crippen LogP contribution in [0.25, 0.3) is 11.0 Å². The Kier molecular flexibility index (Phi) is 3.46. The number of carbonyl (C=O) groups excluding carboxylic acids is 1. The number of furan rings is 1. The number of nitrogens with zero attached hydrogens (tertiary/aromatic N) is 1. The highest BCUT2D eigenvalue weighted by Crippen LogP contribution is 2.32. The second-order valence-corrected chi connectivity index (χ2v) is 5.29. The van der Waals surface area contributed by atoms with Crippen LogP contribution in [0.5, 0.6) is 0 Å². The fraction of sp³-hybridized carbons (Fsp3) is 0. The molecule has 0 radical (unpaired) electrons. The second-order valence-electron chi connectivity index (χ2n) is 4.38. The van der Waals surface area contributed by atoms with Crippen LogP contribution in [0.3, 0.4) is 0 Å². The Morgan fingerprint density at radius 2 is 1.95 bits per heavy atom. The third-order valence-electron chi connectivity index (χ3n) is 3.03. The van der Waals surface area contributed by atoms with Gasteiger partial charge in [0.1, 0.15) is 17.3 Å². The van der Waals surface area contributed by atoms with Gasteiger partial charge in [-0.1, -0.05) is 34.1 Å². The summed E-state index contributed by atoms with van der Waals surface area (Å²) in [6.07, 6.45) is 0. The molecule has 0 saturated heterocycles. The molecule has 1 amide bonds. The zero-order valence-corrected chi connectivity index (χ0v) is 12.3. The van der Waals surface area contributed by atoms with Gasteiger partial charge in [0.05, 0.1) is 0 Å². The van der Waals surface area contributed by atoms with Crippen LogP contribution in [0.4, 0.5) is 5.69 Å². The summed E-state index contributed by atoms with van der Waals surface area (Å²) in [4.78, 5) is 12.2. The van der Waals surface area contributed by atoms with E-state index in [0.29, 0.717) is 22.2 Å². The molecular formula is C16H9BrN2O2. The largest absolute Gasteiger partial charge is 0.443 e. The molecule has 0 bridgehead atoms. The van der Waals surface area contributed by atoms with Gasteiger partial charge in [-0.15, -0.1) is 0 Å². The van der Waals surface area contributed by atoms with E-state index in [2.05, 4.69) is 21.2 Å². The van der Waals surface area contributed by atoms with Crippen LogP contribution in [0.1, 0.15) is 16.1 Å². The van der Waals surface area contributed by atoms with Crippen molar-refractivity contribution >= 4 is 38.5 Å². The molecule has 0 unspecified atom stereocenters. The Balaban J connectivity index is 2.06. The van der Waals surface area contributed by atoms with Gasteiger partial charge in [-0.05, 0) is 30.3 Å². The van der Waals surface area contributed by atoms with Crippen molar-refractivity contribution in [2.24, 2.45) is 0 Å². The number of anilines is 1. The van der Waals surface area contributed by atoms with E-state index in [0.717, 1.165) is 4.47 Å². The number of benzene rings is 2. The van der Waals surface area contributed by atoms with Crippen LogP contribution in [-0.2, 0) is 0 Å². The molecule has 3 rings (SSSR count). The number of hydrogen-bond donors (Lipinski definition) is 1. The Bertz CT molecular complexity index is 863. The molecule has 0 spiro atoms. The first-order valence-electron chi connectivity index (χ1n) is 6.17. The van der Waals surface area contributed by atoms with Crippen molar-refractivity contribution in [2.45, 2.75) is 0 Å². The lowest BCUT2D eigenvalue weighted by molar-refractivity contribution is 0.102. The van der Waals surface area contributed by atoms with Crippen LogP contribution in [0.15, 0.2) is 57.4 Å². The number of nitrogens with one attached hydrogen (secondary N) is 1. The molecule has 102 valence electrons. The third-order valence-corrected chi connectivity index (χ3v) is 3.52. The van der Waals surface area contributed by atoms with Gasteiger partial charge in [0, 0.05) is 15.4 Å². The molecule has 0 atom stereocenters. The van der Waals surface area contributed by atoms with Crippen LogP contribution in [-0.4, -0.2) is 5.91 Å². The van der Waals surface area contributed by atoms with E-state index >= 15 is 0 Å². The topological polar surface area (TPSA) is 66.0 Å². The molecule has 1 heterocycles. The molecule has 0 saturated carbocycles. The van der Waals surface area contributed by atoms with E-state index in [1.165, 1.54) is 0 Å². The third kappa shape index (κ3) is 2.54. The van der Waals surface area contributed by atoms with Crippen molar-refractivity contribution in [3.05, 3.63) is 64.3 Å². The molecule has 0 aliphatic carbocycles. The molecule has 0 fully saturated rings. The quantitative estimate of drug-likeness (QED) is 0.755. The summed E-state index contributed by atoms with van der Waals surface area (Å²) in [6.45, 7) is 0. The van der Waals surface area contributed by atoms with Crippen LogP contribution in [0.2, 0.25) is 0 Å². The highest BCUT2D eigenvalue weighted by Gasteiger charge is 2.17. The van der Waals surface area contributed by atoms with Crippen molar-refractivity contribution < 1.29 is 9.21 Å². The van der Waals surface area contributed by atoms with Crippen molar-refractivity contribution in [3.8, 4) is 6.07 Å². The van der Waals surface area contributed by atoms with Gasteiger partial charge in [0.25, 0.3) is 5.91 Å². The van der Waals surface area contributed by atoms with Gasteiger partial charge in [-0.2, -0.15) is 5.26 Å². The lowest BCUT2D eigenvalue weighted by Gasteiger charge is -2.03. The van der Waals surface area contributed by atoms with Gasteiger partial charge in [0.2, 0.25) is 5.76 Å². The van der Waals surface area contributed by atoms with Crippen molar-refractivity contribution in [1.29, 1.82) is 5.26 Å². The Labute approximate surface area is 129 Å². The number of rotatable bonds is 2. The van der Waals surface area contributed by atoms with E-state index in [-0.39, 0.29) is 11.7 Å². The molecule has 0 aliphatic rings. The number of amides is 1. The summed E-state index contributed by atoms with van der Waals surface area (Å²) in [5.41, 5.74) is 1.46. The van der Waals surface area contributed by atoms with E-state index in [1.54, 1.807) is 36.4 Å². The predicted molar refractivity (Wildman–Crippen MR) is 83.0 cm³/mol. The summed E-state index contributed by atoms with van der Waals surface area (Å²) < 4.78 is 6.29. The normalized spacial score (nSPS) is 10.3. The number of nitriles is 1. The Morgan fingerprint density at radius 1 is 1.19 bits per heavy atom. The first-order chi connectivity index (χ1) is 10.2. The zero-order valence-electron chi connectivity index (χ0n) is 10.8. The van der Waals surface area contributed by atoms with Gasteiger partial charge in [-0.25, -0.2) is 0 Å². The number of fused-ring (bicyclic) bond motifs is 1. The first kappa shape index (κ1) is 13.4. The van der Waals surface area contributed by atoms with Gasteiger partial charge < -0.3 is 9.73 Å². The summed E-state index contributed by atoms with van der Waals surface area (Å²) in [5.74, 6) is -0.192. The molecule has 2 aromatic carbocycles. The fourth-order valence-electron chi connectivity index (χ4n) is 2.05. The Hall–Kier alpha value is -2.58. The van der Waals surface area contributed by atoms with Crippen molar-refractivity contribution in [1.82, 2.24) is 0 Å². The highest BCUT2D eigenvalue weighted by molar-refractivity contribution is 9.10. The van der Waals surface area contributed by atoms with E-state index in [4.69, 9.17) is 9.68 Å².